The highest BCUT2D eigenvalue weighted by atomic mass is 79.9. The van der Waals surface area contributed by atoms with Crippen LogP contribution in [-0.2, 0) is 11.2 Å². The number of carbonyl (C=O) groups is 2. The fourth-order valence-electron chi connectivity index (χ4n) is 3.47. The van der Waals surface area contributed by atoms with Gasteiger partial charge < -0.3 is 16.0 Å². The van der Waals surface area contributed by atoms with Gasteiger partial charge in [0.25, 0.3) is 0 Å². The Bertz CT molecular complexity index is 1210. The molecule has 1 unspecified atom stereocenters. The molecular weight excluding hydrogens is 492 g/mol. The highest BCUT2D eigenvalue weighted by molar-refractivity contribution is 9.10. The summed E-state index contributed by atoms with van der Waals surface area (Å²) >= 11 is 9.83. The zero-order valence-electron chi connectivity index (χ0n) is 17.2. The maximum Gasteiger partial charge on any atom is 0.318 e. The number of urea groups is 1. The van der Waals surface area contributed by atoms with Crippen LogP contribution in [0.1, 0.15) is 16.7 Å². The lowest BCUT2D eigenvalue weighted by Crippen LogP contribution is -2.27. The Kier molecular flexibility index (Phi) is 6.58. The van der Waals surface area contributed by atoms with Gasteiger partial charge in [0.1, 0.15) is 6.04 Å². The molecule has 0 bridgehead atoms. The molecule has 3 N–H and O–H groups in total. The summed E-state index contributed by atoms with van der Waals surface area (Å²) in [5.74, 6) is -0.183. The third-order valence-corrected chi connectivity index (χ3v) is 6.11. The molecule has 32 heavy (non-hydrogen) atoms. The topological polar surface area (TPSA) is 82.6 Å². The first-order valence-electron chi connectivity index (χ1n) is 9.96. The number of nitrogens with zero attached hydrogens (tertiary/aromatic N) is 1. The van der Waals surface area contributed by atoms with Gasteiger partial charge in [0, 0.05) is 39.8 Å². The van der Waals surface area contributed by atoms with Crippen LogP contribution in [0.5, 0.6) is 0 Å². The molecule has 0 spiro atoms. The summed E-state index contributed by atoms with van der Waals surface area (Å²) in [6, 6.07) is 19.5. The van der Waals surface area contributed by atoms with E-state index in [0.717, 1.165) is 21.2 Å². The first kappa shape index (κ1) is 22.0. The number of aliphatic imine (C=N–C) groups is 1. The van der Waals surface area contributed by atoms with Crippen molar-refractivity contribution >= 4 is 56.6 Å². The van der Waals surface area contributed by atoms with Crippen LogP contribution < -0.4 is 16.0 Å². The molecule has 162 valence electrons. The van der Waals surface area contributed by atoms with E-state index in [0.29, 0.717) is 28.5 Å². The summed E-state index contributed by atoms with van der Waals surface area (Å²) in [6.45, 7) is 0. The van der Waals surface area contributed by atoms with Crippen molar-refractivity contribution in [3.05, 3.63) is 92.9 Å². The summed E-state index contributed by atoms with van der Waals surface area (Å²) in [5, 5.41) is 8.79. The molecule has 3 amide bonds. The molecule has 6 nitrogen and oxygen atoms in total. The first-order valence-corrected chi connectivity index (χ1v) is 11.1. The lowest BCUT2D eigenvalue weighted by molar-refractivity contribution is -0.117. The van der Waals surface area contributed by atoms with Crippen molar-refractivity contribution in [2.75, 3.05) is 17.7 Å². The van der Waals surface area contributed by atoms with Gasteiger partial charge in [0.2, 0.25) is 5.91 Å². The van der Waals surface area contributed by atoms with E-state index in [1.54, 1.807) is 37.4 Å². The smallest absolute Gasteiger partial charge is 0.318 e. The molecule has 0 saturated heterocycles. The minimum absolute atomic E-state index is 0.183. The molecule has 0 fully saturated rings. The predicted molar refractivity (Wildman–Crippen MR) is 132 cm³/mol. The lowest BCUT2D eigenvalue weighted by Gasteiger charge is -2.13. The Morgan fingerprint density at radius 1 is 1.12 bits per heavy atom. The van der Waals surface area contributed by atoms with Crippen LogP contribution in [0, 0.1) is 0 Å². The molecule has 1 heterocycles. The van der Waals surface area contributed by atoms with Crippen molar-refractivity contribution in [1.82, 2.24) is 5.32 Å². The van der Waals surface area contributed by atoms with Crippen LogP contribution >= 0.6 is 27.5 Å². The van der Waals surface area contributed by atoms with Gasteiger partial charge in [0.15, 0.2) is 0 Å². The highest BCUT2D eigenvalue weighted by Crippen LogP contribution is 2.29. The fourth-order valence-corrected chi connectivity index (χ4v) is 4.09. The van der Waals surface area contributed by atoms with Gasteiger partial charge in [0.05, 0.1) is 11.4 Å². The van der Waals surface area contributed by atoms with E-state index in [2.05, 4.69) is 31.9 Å². The molecule has 0 aliphatic carbocycles. The monoisotopic (exact) mass is 510 g/mol. The number of halogens is 2. The SMILES string of the molecule is CNC(=O)Nc1ccc(C2=NC(Cc3ccccc3Br)C(=O)Nc3ccc(Cl)cc32)cc1. The number of benzene rings is 3. The molecule has 0 aromatic heterocycles. The van der Waals surface area contributed by atoms with Gasteiger partial charge in [-0.25, -0.2) is 4.79 Å². The second-order valence-electron chi connectivity index (χ2n) is 7.25. The Morgan fingerprint density at radius 2 is 1.88 bits per heavy atom. The van der Waals surface area contributed by atoms with Crippen molar-refractivity contribution in [2.24, 2.45) is 4.99 Å². The van der Waals surface area contributed by atoms with Crippen LogP contribution in [0.2, 0.25) is 5.02 Å². The van der Waals surface area contributed by atoms with Gasteiger partial charge in [-0.1, -0.05) is 57.9 Å². The van der Waals surface area contributed by atoms with Crippen molar-refractivity contribution in [2.45, 2.75) is 12.5 Å². The summed E-state index contributed by atoms with van der Waals surface area (Å²) in [7, 11) is 1.56. The molecule has 3 aromatic carbocycles. The molecule has 1 atom stereocenters. The Morgan fingerprint density at radius 3 is 2.59 bits per heavy atom. The summed E-state index contributed by atoms with van der Waals surface area (Å²) < 4.78 is 0.930. The Balaban J connectivity index is 1.76. The third-order valence-electron chi connectivity index (χ3n) is 5.10. The van der Waals surface area contributed by atoms with Crippen molar-refractivity contribution in [3.63, 3.8) is 0 Å². The van der Waals surface area contributed by atoms with E-state index in [9.17, 15) is 9.59 Å². The molecular formula is C24H20BrClN4O2. The minimum Gasteiger partial charge on any atom is -0.341 e. The van der Waals surface area contributed by atoms with Gasteiger partial charge in [-0.05, 0) is 42.0 Å². The van der Waals surface area contributed by atoms with Gasteiger partial charge in [-0.15, -0.1) is 0 Å². The highest BCUT2D eigenvalue weighted by Gasteiger charge is 2.27. The molecule has 1 aliphatic rings. The van der Waals surface area contributed by atoms with Crippen LogP contribution in [0.25, 0.3) is 0 Å². The van der Waals surface area contributed by atoms with Crippen molar-refractivity contribution < 1.29 is 9.59 Å². The number of benzodiazepines with no additional fused rings is 1. The van der Waals surface area contributed by atoms with Crippen LogP contribution in [0.15, 0.2) is 76.2 Å². The average Bonchev–Trinajstić information content (AvgIpc) is 2.92. The zero-order chi connectivity index (χ0) is 22.7. The number of anilines is 2. The largest absolute Gasteiger partial charge is 0.341 e. The van der Waals surface area contributed by atoms with Gasteiger partial charge >= 0.3 is 6.03 Å². The minimum atomic E-state index is -0.626. The summed E-state index contributed by atoms with van der Waals surface area (Å²) in [6.07, 6.45) is 0.439. The maximum atomic E-state index is 13.0. The number of hydrogen-bond donors (Lipinski definition) is 3. The average molecular weight is 512 g/mol. The van der Waals surface area contributed by atoms with Crippen LogP contribution in [0.3, 0.4) is 0 Å². The lowest BCUT2D eigenvalue weighted by atomic mass is 10.00. The molecule has 0 radical (unpaired) electrons. The Hall–Kier alpha value is -3.16. The molecule has 4 rings (SSSR count). The van der Waals surface area contributed by atoms with E-state index in [1.165, 1.54) is 0 Å². The van der Waals surface area contributed by atoms with Gasteiger partial charge in [-0.3, -0.25) is 9.79 Å². The van der Waals surface area contributed by atoms with E-state index < -0.39 is 6.04 Å². The van der Waals surface area contributed by atoms with E-state index in [4.69, 9.17) is 16.6 Å². The second kappa shape index (κ2) is 9.54. The second-order valence-corrected chi connectivity index (χ2v) is 8.54. The van der Waals surface area contributed by atoms with E-state index in [1.807, 2.05) is 36.4 Å². The molecule has 3 aromatic rings. The molecule has 8 heteroatoms. The standard InChI is InChI=1S/C24H20BrClN4O2/c1-27-24(32)28-17-9-6-14(7-10-17)22-18-13-16(26)8-11-20(18)30-23(31)21(29-22)12-15-4-2-3-5-19(15)25/h2-11,13,21H,12H2,1H3,(H,30,31)(H2,27,28,32). The number of fused-ring (bicyclic) bond motifs is 1. The number of carbonyl (C=O) groups excluding carboxylic acids is 2. The molecule has 0 saturated carbocycles. The third kappa shape index (κ3) is 4.84. The van der Waals surface area contributed by atoms with Crippen molar-refractivity contribution in [3.8, 4) is 0 Å². The van der Waals surface area contributed by atoms with Gasteiger partial charge in [-0.2, -0.15) is 0 Å². The normalized spacial score (nSPS) is 15.2. The number of nitrogens with one attached hydrogen (secondary N) is 3. The molecule has 1 aliphatic heterocycles. The summed E-state index contributed by atoms with van der Waals surface area (Å²) in [4.78, 5) is 29.5. The summed E-state index contributed by atoms with van der Waals surface area (Å²) in [5.41, 5.74) is 4.50. The first-order chi connectivity index (χ1) is 15.4. The maximum absolute atomic E-state index is 13.0. The Labute approximate surface area is 199 Å². The van der Waals surface area contributed by atoms with Crippen LogP contribution in [0.4, 0.5) is 16.2 Å². The number of amides is 3. The van der Waals surface area contributed by atoms with E-state index >= 15 is 0 Å². The van der Waals surface area contributed by atoms with Crippen molar-refractivity contribution in [1.29, 1.82) is 0 Å². The van der Waals surface area contributed by atoms with E-state index in [-0.39, 0.29) is 11.9 Å². The predicted octanol–water partition coefficient (Wildman–Crippen LogP) is 5.25. The van der Waals surface area contributed by atoms with Crippen LogP contribution in [-0.4, -0.2) is 30.7 Å². The number of hydrogen-bond acceptors (Lipinski definition) is 3. The quantitative estimate of drug-likeness (QED) is 0.447. The fraction of sp³-hybridized carbons (Fsp3) is 0.125. The zero-order valence-corrected chi connectivity index (χ0v) is 19.5. The number of rotatable bonds is 4.